The smallest absolute Gasteiger partial charge is 0.322 e. The summed E-state index contributed by atoms with van der Waals surface area (Å²) in [7, 11) is 0. The molecule has 20 heavy (non-hydrogen) atoms. The van der Waals surface area contributed by atoms with Gasteiger partial charge in [-0.25, -0.2) is 4.79 Å². The number of rotatable bonds is 4. The zero-order valence-electron chi connectivity index (χ0n) is 11.4. The van der Waals surface area contributed by atoms with Crippen molar-refractivity contribution in [2.24, 2.45) is 5.92 Å². The van der Waals surface area contributed by atoms with Gasteiger partial charge in [0.25, 0.3) is 0 Å². The highest BCUT2D eigenvalue weighted by Gasteiger charge is 2.25. The second-order valence-electron chi connectivity index (χ2n) is 5.57. The summed E-state index contributed by atoms with van der Waals surface area (Å²) in [6.45, 7) is 1.71. The Labute approximate surface area is 118 Å². The van der Waals surface area contributed by atoms with Crippen molar-refractivity contribution in [2.75, 3.05) is 25.0 Å². The zero-order chi connectivity index (χ0) is 13.9. The maximum absolute atomic E-state index is 12.1. The molecule has 1 aromatic rings. The van der Waals surface area contributed by atoms with Crippen molar-refractivity contribution in [3.63, 3.8) is 0 Å². The fourth-order valence-corrected chi connectivity index (χ4v) is 2.31. The van der Waals surface area contributed by atoms with Crippen LogP contribution in [-0.2, 0) is 0 Å². The Morgan fingerprint density at radius 3 is 2.85 bits per heavy atom. The summed E-state index contributed by atoms with van der Waals surface area (Å²) in [6, 6.07) is 7.31. The highest BCUT2D eigenvalue weighted by molar-refractivity contribution is 5.91. The number of β-amino-alcohol motifs (C(OH)–C–C–N with tert-alkyl or cyclic N) is 1. The van der Waals surface area contributed by atoms with Crippen LogP contribution in [0.4, 0.5) is 10.5 Å². The minimum absolute atomic E-state index is 0.177. The lowest BCUT2D eigenvalue weighted by molar-refractivity contribution is 0.176. The van der Waals surface area contributed by atoms with E-state index in [0.717, 1.165) is 6.61 Å². The van der Waals surface area contributed by atoms with E-state index < -0.39 is 6.10 Å². The number of aliphatic hydroxyl groups is 1. The molecule has 3 rings (SSSR count). The van der Waals surface area contributed by atoms with Crippen LogP contribution in [0.15, 0.2) is 24.3 Å². The lowest BCUT2D eigenvalue weighted by Crippen LogP contribution is -2.33. The Balaban J connectivity index is 1.62. The van der Waals surface area contributed by atoms with E-state index in [-0.39, 0.29) is 6.03 Å². The molecule has 1 saturated carbocycles. The molecule has 2 fully saturated rings. The number of likely N-dealkylation sites (tertiary alicyclic amines) is 1. The normalized spacial score (nSPS) is 21.9. The van der Waals surface area contributed by atoms with Gasteiger partial charge in [-0.15, -0.1) is 0 Å². The van der Waals surface area contributed by atoms with E-state index in [4.69, 9.17) is 4.74 Å². The van der Waals surface area contributed by atoms with Crippen LogP contribution in [0.5, 0.6) is 5.75 Å². The van der Waals surface area contributed by atoms with Crippen LogP contribution in [0.25, 0.3) is 0 Å². The summed E-state index contributed by atoms with van der Waals surface area (Å²) in [6.07, 6.45) is 2.72. The summed E-state index contributed by atoms with van der Waals surface area (Å²) in [5, 5.41) is 12.3. The van der Waals surface area contributed by atoms with Crippen LogP contribution in [-0.4, -0.2) is 41.8 Å². The summed E-state index contributed by atoms with van der Waals surface area (Å²) >= 11 is 0. The number of benzene rings is 1. The van der Waals surface area contributed by atoms with Gasteiger partial charge >= 0.3 is 6.03 Å². The largest absolute Gasteiger partial charge is 0.491 e. The van der Waals surface area contributed by atoms with Crippen LogP contribution >= 0.6 is 0 Å². The number of amides is 2. The van der Waals surface area contributed by atoms with Crippen LogP contribution in [0.2, 0.25) is 0 Å². The van der Waals surface area contributed by atoms with Crippen molar-refractivity contribution in [2.45, 2.75) is 25.4 Å². The quantitative estimate of drug-likeness (QED) is 0.885. The second-order valence-corrected chi connectivity index (χ2v) is 5.57. The van der Waals surface area contributed by atoms with Gasteiger partial charge in [0.2, 0.25) is 0 Å². The average molecular weight is 276 g/mol. The third-order valence-electron chi connectivity index (χ3n) is 3.75. The molecule has 1 aliphatic carbocycles. The first-order valence-electron chi connectivity index (χ1n) is 7.18. The second kappa shape index (κ2) is 5.71. The van der Waals surface area contributed by atoms with E-state index in [9.17, 15) is 9.90 Å². The molecule has 1 heterocycles. The third-order valence-corrected chi connectivity index (χ3v) is 3.75. The molecule has 1 aromatic carbocycles. The first-order valence-corrected chi connectivity index (χ1v) is 7.18. The molecule has 0 radical (unpaired) electrons. The molecular formula is C15H20N2O3. The van der Waals surface area contributed by atoms with Gasteiger partial charge in [-0.1, -0.05) is 12.1 Å². The number of aliphatic hydroxyl groups excluding tert-OH is 1. The molecule has 1 aliphatic heterocycles. The highest BCUT2D eigenvalue weighted by Crippen LogP contribution is 2.31. The Hall–Kier alpha value is -1.75. The van der Waals surface area contributed by atoms with Gasteiger partial charge in [-0.3, -0.25) is 0 Å². The molecule has 0 aromatic heterocycles. The van der Waals surface area contributed by atoms with E-state index in [1.807, 2.05) is 24.3 Å². The number of carbonyl (C=O) groups is 1. The minimum atomic E-state index is -0.401. The SMILES string of the molecule is O=C(Nc1ccccc1OCC1CC1)N1CC[C@H](O)C1. The minimum Gasteiger partial charge on any atom is -0.491 e. The van der Waals surface area contributed by atoms with Crippen LogP contribution in [0.1, 0.15) is 19.3 Å². The lowest BCUT2D eigenvalue weighted by Gasteiger charge is -2.18. The topological polar surface area (TPSA) is 61.8 Å². The van der Waals surface area contributed by atoms with Crippen molar-refractivity contribution in [1.82, 2.24) is 4.90 Å². The first-order chi connectivity index (χ1) is 9.72. The van der Waals surface area contributed by atoms with Gasteiger partial charge in [0, 0.05) is 13.1 Å². The zero-order valence-corrected chi connectivity index (χ0v) is 11.4. The molecule has 2 amide bonds. The number of anilines is 1. The number of carbonyl (C=O) groups excluding carboxylic acids is 1. The molecule has 5 nitrogen and oxygen atoms in total. The number of nitrogens with one attached hydrogen (secondary N) is 1. The van der Waals surface area contributed by atoms with Crippen molar-refractivity contribution in [3.8, 4) is 5.75 Å². The van der Waals surface area contributed by atoms with E-state index in [1.165, 1.54) is 12.8 Å². The predicted octanol–water partition coefficient (Wildman–Crippen LogP) is 2.07. The van der Waals surface area contributed by atoms with Crippen LogP contribution < -0.4 is 10.1 Å². The number of para-hydroxylation sites is 2. The molecule has 2 N–H and O–H groups in total. The van der Waals surface area contributed by atoms with Crippen molar-refractivity contribution < 1.29 is 14.6 Å². The number of urea groups is 1. The maximum Gasteiger partial charge on any atom is 0.322 e. The number of ether oxygens (including phenoxy) is 1. The molecule has 5 heteroatoms. The lowest BCUT2D eigenvalue weighted by atomic mass is 10.3. The van der Waals surface area contributed by atoms with Crippen molar-refractivity contribution in [1.29, 1.82) is 0 Å². The summed E-state index contributed by atoms with van der Waals surface area (Å²) in [4.78, 5) is 13.7. The van der Waals surface area contributed by atoms with Gasteiger partial charge in [0.15, 0.2) is 0 Å². The number of nitrogens with zero attached hydrogens (tertiary/aromatic N) is 1. The summed E-state index contributed by atoms with van der Waals surface area (Å²) < 4.78 is 5.76. The molecule has 1 saturated heterocycles. The van der Waals surface area contributed by atoms with E-state index >= 15 is 0 Å². The van der Waals surface area contributed by atoms with E-state index in [0.29, 0.717) is 36.9 Å². The molecule has 0 unspecified atom stereocenters. The first kappa shape index (κ1) is 13.2. The number of hydrogen-bond donors (Lipinski definition) is 2. The van der Waals surface area contributed by atoms with E-state index in [2.05, 4.69) is 5.32 Å². The van der Waals surface area contributed by atoms with Gasteiger partial charge in [-0.2, -0.15) is 0 Å². The van der Waals surface area contributed by atoms with E-state index in [1.54, 1.807) is 4.90 Å². The third kappa shape index (κ3) is 3.22. The van der Waals surface area contributed by atoms with Gasteiger partial charge in [0.1, 0.15) is 5.75 Å². The number of hydrogen-bond acceptors (Lipinski definition) is 3. The predicted molar refractivity (Wildman–Crippen MR) is 75.9 cm³/mol. The standard InChI is InChI=1S/C15H20N2O3/c18-12-7-8-17(9-12)15(19)16-13-3-1-2-4-14(13)20-10-11-5-6-11/h1-4,11-12,18H,5-10H2,(H,16,19)/t12-/m0/s1. The molecule has 108 valence electrons. The van der Waals surface area contributed by atoms with Gasteiger partial charge in [0.05, 0.1) is 18.4 Å². The Bertz CT molecular complexity index is 488. The maximum atomic E-state index is 12.1. The van der Waals surface area contributed by atoms with Crippen LogP contribution in [0.3, 0.4) is 0 Å². The average Bonchev–Trinajstić information content (AvgIpc) is 3.18. The monoisotopic (exact) mass is 276 g/mol. The van der Waals surface area contributed by atoms with Gasteiger partial charge in [-0.05, 0) is 37.3 Å². The van der Waals surface area contributed by atoms with Gasteiger partial charge < -0.3 is 20.1 Å². The Kier molecular flexibility index (Phi) is 3.78. The molecular weight excluding hydrogens is 256 g/mol. The Morgan fingerprint density at radius 2 is 2.15 bits per heavy atom. The fraction of sp³-hybridized carbons (Fsp3) is 0.533. The molecule has 0 spiro atoms. The Morgan fingerprint density at radius 1 is 1.35 bits per heavy atom. The molecule has 2 aliphatic rings. The fourth-order valence-electron chi connectivity index (χ4n) is 2.31. The van der Waals surface area contributed by atoms with Crippen molar-refractivity contribution in [3.05, 3.63) is 24.3 Å². The molecule has 0 bridgehead atoms. The summed E-state index contributed by atoms with van der Waals surface area (Å²) in [5.41, 5.74) is 0.694. The summed E-state index contributed by atoms with van der Waals surface area (Å²) in [5.74, 6) is 1.39. The molecule has 1 atom stereocenters. The van der Waals surface area contributed by atoms with Crippen LogP contribution in [0, 0.1) is 5.92 Å². The highest BCUT2D eigenvalue weighted by atomic mass is 16.5. The van der Waals surface area contributed by atoms with Crippen molar-refractivity contribution >= 4 is 11.7 Å².